The van der Waals surface area contributed by atoms with Gasteiger partial charge < -0.3 is 20.1 Å². The number of ketones is 3. The zero-order valence-electron chi connectivity index (χ0n) is 18.5. The van der Waals surface area contributed by atoms with Gasteiger partial charge in [-0.3, -0.25) is 19.4 Å². The third kappa shape index (κ3) is 3.76. The smallest absolute Gasteiger partial charge is 0.208 e. The van der Waals surface area contributed by atoms with Crippen LogP contribution in [0.5, 0.6) is 5.75 Å². The molecule has 1 saturated heterocycles. The van der Waals surface area contributed by atoms with Crippen LogP contribution in [0.2, 0.25) is 0 Å². The maximum absolute atomic E-state index is 13.5. The number of halogens is 1. The fourth-order valence-corrected chi connectivity index (χ4v) is 5.59. The van der Waals surface area contributed by atoms with Gasteiger partial charge in [0.25, 0.3) is 0 Å². The lowest BCUT2D eigenvalue weighted by Crippen LogP contribution is -2.82. The number of carbonyl (C=O) groups is 3. The maximum Gasteiger partial charge on any atom is 0.208 e. The second-order valence-corrected chi connectivity index (χ2v) is 9.15. The molecule has 33 heavy (non-hydrogen) atoms. The fourth-order valence-electron chi connectivity index (χ4n) is 4.03. The lowest BCUT2D eigenvalue weighted by Gasteiger charge is -2.54. The molecule has 0 saturated carbocycles. The van der Waals surface area contributed by atoms with Gasteiger partial charge in [0.2, 0.25) is 5.60 Å². The minimum atomic E-state index is -3.14. The number of hydrogen-bond acceptors (Lipinski definition) is 9. The van der Waals surface area contributed by atoms with E-state index >= 15 is 0 Å². The number of ether oxygens (including phenoxy) is 1. The van der Waals surface area contributed by atoms with Crippen molar-refractivity contribution in [1.29, 1.82) is 0 Å². The van der Waals surface area contributed by atoms with Gasteiger partial charge in [0.05, 0.1) is 5.69 Å². The average molecular weight is 478 g/mol. The van der Waals surface area contributed by atoms with E-state index in [1.165, 1.54) is 30.5 Å². The van der Waals surface area contributed by atoms with Gasteiger partial charge in [-0.15, -0.1) is 11.8 Å². The molecule has 1 aliphatic heterocycles. The topological polar surface area (TPSA) is 134 Å². The molecule has 3 N–H and O–H groups in total. The van der Waals surface area contributed by atoms with E-state index in [0.717, 1.165) is 20.8 Å². The summed E-state index contributed by atoms with van der Waals surface area (Å²) >= 11 is 0.709. The SMILES string of the molecule is CC(=O)[C@]1(O)[C@@](O)(C(C)=O)CS[C@H](Oc2ccnc(-c3ccc(F)cc3C)c2)[C@@]1(O)C(C)=O. The highest BCUT2D eigenvalue weighted by molar-refractivity contribution is 8.00. The lowest BCUT2D eigenvalue weighted by molar-refractivity contribution is -0.236. The molecule has 1 aromatic heterocycles. The zero-order chi connectivity index (χ0) is 24.8. The molecule has 0 spiro atoms. The molecule has 8 nitrogen and oxygen atoms in total. The van der Waals surface area contributed by atoms with Crippen molar-refractivity contribution in [3.8, 4) is 17.0 Å². The second kappa shape index (κ2) is 8.60. The van der Waals surface area contributed by atoms with Crippen molar-refractivity contribution in [2.75, 3.05) is 5.75 Å². The van der Waals surface area contributed by atoms with Crippen LogP contribution in [0.1, 0.15) is 26.3 Å². The third-order valence-electron chi connectivity index (χ3n) is 6.00. The molecule has 0 radical (unpaired) electrons. The quantitative estimate of drug-likeness (QED) is 0.567. The van der Waals surface area contributed by atoms with E-state index in [-0.39, 0.29) is 5.75 Å². The number of nitrogens with zero attached hydrogens (tertiary/aromatic N) is 1. The molecule has 3 rings (SSSR count). The molecule has 1 aromatic carbocycles. The number of rotatable bonds is 6. The van der Waals surface area contributed by atoms with E-state index in [9.17, 15) is 34.1 Å². The number of aryl methyl sites for hydroxylation is 1. The average Bonchev–Trinajstić information content (AvgIpc) is 2.74. The molecule has 0 unspecified atom stereocenters. The van der Waals surface area contributed by atoms with Crippen molar-refractivity contribution in [1.82, 2.24) is 4.98 Å². The molecule has 0 amide bonds. The summed E-state index contributed by atoms with van der Waals surface area (Å²) in [4.78, 5) is 41.5. The van der Waals surface area contributed by atoms with Gasteiger partial charge in [0.15, 0.2) is 34.0 Å². The van der Waals surface area contributed by atoms with Crippen molar-refractivity contribution in [3.63, 3.8) is 0 Å². The molecule has 1 aliphatic rings. The molecule has 0 aliphatic carbocycles. The Kier molecular flexibility index (Phi) is 6.51. The Morgan fingerprint density at radius 3 is 2.27 bits per heavy atom. The number of aromatic nitrogens is 1. The molecular formula is C23H24FNO7S. The Balaban J connectivity index is 2.06. The van der Waals surface area contributed by atoms with E-state index in [1.54, 1.807) is 13.0 Å². The lowest BCUT2D eigenvalue weighted by atomic mass is 9.65. The van der Waals surface area contributed by atoms with E-state index in [1.807, 2.05) is 0 Å². The van der Waals surface area contributed by atoms with Crippen molar-refractivity contribution in [2.24, 2.45) is 0 Å². The van der Waals surface area contributed by atoms with E-state index in [2.05, 4.69) is 4.98 Å². The summed E-state index contributed by atoms with van der Waals surface area (Å²) in [6, 6.07) is 7.08. The van der Waals surface area contributed by atoms with Gasteiger partial charge in [0.1, 0.15) is 11.6 Å². The minimum absolute atomic E-state index is 0.125. The number of aliphatic hydroxyl groups is 3. The second-order valence-electron chi connectivity index (χ2n) is 8.10. The number of pyridine rings is 1. The molecule has 10 heteroatoms. The molecule has 0 bridgehead atoms. The van der Waals surface area contributed by atoms with E-state index in [0.29, 0.717) is 28.6 Å². The summed E-state index contributed by atoms with van der Waals surface area (Å²) in [7, 11) is 0. The largest absolute Gasteiger partial charge is 0.476 e. The molecule has 2 aromatic rings. The van der Waals surface area contributed by atoms with Gasteiger partial charge in [-0.25, -0.2) is 4.39 Å². The molecule has 4 atom stereocenters. The fraction of sp³-hybridized carbons (Fsp3) is 0.391. The summed E-state index contributed by atoms with van der Waals surface area (Å²) in [5.41, 5.74) is -8.70. The number of benzene rings is 1. The van der Waals surface area contributed by atoms with Gasteiger partial charge in [0, 0.05) is 23.6 Å². The number of Topliss-reactive ketones (excluding diaryl/α,β-unsaturated/α-hetero) is 3. The van der Waals surface area contributed by atoms with Gasteiger partial charge >= 0.3 is 0 Å². The predicted molar refractivity (Wildman–Crippen MR) is 118 cm³/mol. The van der Waals surface area contributed by atoms with Gasteiger partial charge in [-0.1, -0.05) is 0 Å². The Bertz CT molecular complexity index is 1140. The maximum atomic E-state index is 13.5. The summed E-state index contributed by atoms with van der Waals surface area (Å²) in [5, 5.41) is 33.5. The highest BCUT2D eigenvalue weighted by atomic mass is 32.2. The van der Waals surface area contributed by atoms with Crippen LogP contribution in [0.3, 0.4) is 0 Å². The van der Waals surface area contributed by atoms with E-state index in [4.69, 9.17) is 4.74 Å². The van der Waals surface area contributed by atoms with E-state index < -0.39 is 51.2 Å². The Morgan fingerprint density at radius 1 is 1.06 bits per heavy atom. The molecule has 1 fully saturated rings. The van der Waals surface area contributed by atoms with Crippen LogP contribution < -0.4 is 4.74 Å². The monoisotopic (exact) mass is 477 g/mol. The first-order valence-electron chi connectivity index (χ1n) is 10.00. The Hall–Kier alpha value is -2.66. The van der Waals surface area contributed by atoms with Crippen molar-refractivity contribution < 1.29 is 38.8 Å². The first-order chi connectivity index (χ1) is 15.3. The Labute approximate surface area is 193 Å². The summed E-state index contributed by atoms with van der Waals surface area (Å²) in [5.74, 6) is -4.00. The van der Waals surface area contributed by atoms with Crippen LogP contribution in [0.15, 0.2) is 36.5 Å². The summed E-state index contributed by atoms with van der Waals surface area (Å²) in [6.07, 6.45) is 1.40. The van der Waals surface area contributed by atoms with Crippen LogP contribution in [0, 0.1) is 12.7 Å². The van der Waals surface area contributed by atoms with Crippen molar-refractivity contribution in [3.05, 3.63) is 47.9 Å². The van der Waals surface area contributed by atoms with Crippen molar-refractivity contribution >= 4 is 29.1 Å². The van der Waals surface area contributed by atoms with Crippen LogP contribution in [0.25, 0.3) is 11.3 Å². The van der Waals surface area contributed by atoms with Crippen LogP contribution in [0.4, 0.5) is 4.39 Å². The normalized spacial score (nSPS) is 29.4. The molecule has 176 valence electrons. The molecule has 2 heterocycles. The first-order valence-corrected chi connectivity index (χ1v) is 11.0. The predicted octanol–water partition coefficient (Wildman–Crippen LogP) is 1.61. The highest BCUT2D eigenvalue weighted by Gasteiger charge is 2.75. The standard InChI is InChI=1S/C23H24FNO7S/c1-12-9-16(24)5-6-18(12)19-10-17(7-8-25-19)32-20-22(30,14(3)27)23(31,15(4)28)21(29,11-33-20)13(2)26/h5-10,20,29-31H,11H2,1-4H3/t20-,21-,22-,23-/m0/s1. The summed E-state index contributed by atoms with van der Waals surface area (Å²) in [6.45, 7) is 4.46. The summed E-state index contributed by atoms with van der Waals surface area (Å²) < 4.78 is 19.3. The number of hydrogen-bond donors (Lipinski definition) is 3. The Morgan fingerprint density at radius 2 is 1.73 bits per heavy atom. The minimum Gasteiger partial charge on any atom is -0.476 e. The zero-order valence-corrected chi connectivity index (χ0v) is 19.3. The van der Waals surface area contributed by atoms with Crippen LogP contribution in [-0.2, 0) is 14.4 Å². The first kappa shape index (κ1) is 25.0. The third-order valence-corrected chi connectivity index (χ3v) is 7.33. The number of thioether (sulfide) groups is 1. The van der Waals surface area contributed by atoms with Gasteiger partial charge in [-0.05, 0) is 57.5 Å². The molecular weight excluding hydrogens is 453 g/mol. The number of carbonyl (C=O) groups excluding carboxylic acids is 3. The van der Waals surface area contributed by atoms with Crippen LogP contribution >= 0.6 is 11.8 Å². The van der Waals surface area contributed by atoms with Crippen molar-refractivity contribution in [2.45, 2.75) is 49.9 Å². The van der Waals surface area contributed by atoms with Crippen LogP contribution in [-0.4, -0.2) is 65.6 Å². The van der Waals surface area contributed by atoms with Gasteiger partial charge in [-0.2, -0.15) is 0 Å². The highest BCUT2D eigenvalue weighted by Crippen LogP contribution is 2.49.